The van der Waals surface area contributed by atoms with Crippen molar-refractivity contribution in [2.45, 2.75) is 13.0 Å². The maximum atomic E-state index is 12.0. The minimum absolute atomic E-state index is 0.00187. The van der Waals surface area contributed by atoms with Gasteiger partial charge in [-0.05, 0) is 25.1 Å². The number of ether oxygens (including phenoxy) is 1. The van der Waals surface area contributed by atoms with Crippen molar-refractivity contribution < 1.29 is 9.53 Å². The Labute approximate surface area is 109 Å². The molecule has 2 heterocycles. The molecule has 0 bridgehead atoms. The molecule has 0 radical (unpaired) electrons. The lowest BCUT2D eigenvalue weighted by atomic mass is 10.2. The van der Waals surface area contributed by atoms with Crippen LogP contribution < -0.4 is 15.4 Å². The van der Waals surface area contributed by atoms with E-state index >= 15 is 0 Å². The van der Waals surface area contributed by atoms with Gasteiger partial charge in [0.15, 0.2) is 0 Å². The number of benzene rings is 1. The van der Waals surface area contributed by atoms with Gasteiger partial charge in [0, 0.05) is 22.7 Å². The Bertz CT molecular complexity index is 621. The maximum absolute atomic E-state index is 12.0. The van der Waals surface area contributed by atoms with E-state index in [2.05, 4.69) is 17.6 Å². The van der Waals surface area contributed by atoms with E-state index in [4.69, 9.17) is 4.74 Å². The van der Waals surface area contributed by atoms with Crippen LogP contribution in [0.4, 0.5) is 5.69 Å². The summed E-state index contributed by atoms with van der Waals surface area (Å²) in [6.45, 7) is 2.70. The highest BCUT2D eigenvalue weighted by Crippen LogP contribution is 2.38. The van der Waals surface area contributed by atoms with Gasteiger partial charge in [-0.15, -0.1) is 11.3 Å². The number of hydrogen-bond donors (Lipinski definition) is 2. The Morgan fingerprint density at radius 2 is 2.28 bits per heavy atom. The number of anilines is 1. The predicted octanol–water partition coefficient (Wildman–Crippen LogP) is 2.45. The maximum Gasteiger partial charge on any atom is 0.263 e. The van der Waals surface area contributed by atoms with E-state index in [-0.39, 0.29) is 11.9 Å². The Balaban J connectivity index is 2.23. The van der Waals surface area contributed by atoms with Crippen LogP contribution in [0.3, 0.4) is 0 Å². The summed E-state index contributed by atoms with van der Waals surface area (Å²) >= 11 is 1.51. The van der Waals surface area contributed by atoms with Crippen LogP contribution in [-0.2, 0) is 0 Å². The van der Waals surface area contributed by atoms with E-state index < -0.39 is 0 Å². The standard InChI is InChI=1S/C13H14N2O2S/c1-7-6-14-13(16)12-11(15-7)9-5-8(17-2)3-4-10(9)18-12/h3-5,7,15H,6H2,1-2H3,(H,14,16)/t7-/m0/s1. The molecule has 1 atom stereocenters. The predicted molar refractivity (Wildman–Crippen MR) is 73.8 cm³/mol. The number of amides is 1. The molecule has 1 aliphatic rings. The van der Waals surface area contributed by atoms with E-state index in [9.17, 15) is 4.79 Å². The van der Waals surface area contributed by atoms with Crippen molar-refractivity contribution >= 4 is 33.0 Å². The summed E-state index contributed by atoms with van der Waals surface area (Å²) in [5.74, 6) is 0.809. The van der Waals surface area contributed by atoms with Gasteiger partial charge < -0.3 is 15.4 Å². The van der Waals surface area contributed by atoms with Crippen LogP contribution in [0.5, 0.6) is 5.75 Å². The molecule has 2 aromatic rings. The average molecular weight is 262 g/mol. The SMILES string of the molecule is COc1ccc2sc3c(c2c1)N[C@@H](C)CNC3=O. The zero-order valence-electron chi connectivity index (χ0n) is 10.2. The Morgan fingerprint density at radius 3 is 3.06 bits per heavy atom. The summed E-state index contributed by atoms with van der Waals surface area (Å²) in [6, 6.07) is 6.11. The van der Waals surface area contributed by atoms with Gasteiger partial charge >= 0.3 is 0 Å². The lowest BCUT2D eigenvalue weighted by molar-refractivity contribution is 0.0960. The van der Waals surface area contributed by atoms with E-state index in [0.717, 1.165) is 26.4 Å². The molecule has 94 valence electrons. The number of nitrogens with one attached hydrogen (secondary N) is 2. The molecular weight excluding hydrogens is 248 g/mol. The third kappa shape index (κ3) is 1.71. The zero-order valence-corrected chi connectivity index (χ0v) is 11.1. The van der Waals surface area contributed by atoms with Crippen molar-refractivity contribution in [3.05, 3.63) is 23.1 Å². The van der Waals surface area contributed by atoms with E-state index in [1.165, 1.54) is 11.3 Å². The molecule has 0 saturated heterocycles. The first-order valence-corrected chi connectivity index (χ1v) is 6.66. The quantitative estimate of drug-likeness (QED) is 0.830. The molecule has 0 aliphatic carbocycles. The molecule has 18 heavy (non-hydrogen) atoms. The van der Waals surface area contributed by atoms with Gasteiger partial charge in [-0.2, -0.15) is 0 Å². The Kier molecular flexibility index (Phi) is 2.63. The smallest absolute Gasteiger partial charge is 0.263 e. The van der Waals surface area contributed by atoms with Gasteiger partial charge in [-0.1, -0.05) is 0 Å². The van der Waals surface area contributed by atoms with Crippen molar-refractivity contribution in [1.29, 1.82) is 0 Å². The fourth-order valence-corrected chi connectivity index (χ4v) is 3.19. The van der Waals surface area contributed by atoms with Gasteiger partial charge in [0.25, 0.3) is 5.91 Å². The summed E-state index contributed by atoms with van der Waals surface area (Å²) in [4.78, 5) is 12.8. The third-order valence-electron chi connectivity index (χ3n) is 3.06. The summed E-state index contributed by atoms with van der Waals surface area (Å²) in [5.41, 5.74) is 0.927. The lowest BCUT2D eigenvalue weighted by Crippen LogP contribution is -2.30. The van der Waals surface area contributed by atoms with Crippen molar-refractivity contribution in [2.75, 3.05) is 19.0 Å². The van der Waals surface area contributed by atoms with Gasteiger partial charge in [-0.3, -0.25) is 4.79 Å². The van der Waals surface area contributed by atoms with Crippen molar-refractivity contribution in [3.63, 3.8) is 0 Å². The highest BCUT2D eigenvalue weighted by Gasteiger charge is 2.23. The highest BCUT2D eigenvalue weighted by atomic mass is 32.1. The summed E-state index contributed by atoms with van der Waals surface area (Å²) < 4.78 is 6.34. The monoisotopic (exact) mass is 262 g/mol. The first-order chi connectivity index (χ1) is 8.69. The van der Waals surface area contributed by atoms with Crippen molar-refractivity contribution in [2.24, 2.45) is 0 Å². The molecular formula is C13H14N2O2S. The van der Waals surface area contributed by atoms with E-state index in [1.54, 1.807) is 7.11 Å². The van der Waals surface area contributed by atoms with Gasteiger partial charge in [0.1, 0.15) is 10.6 Å². The number of rotatable bonds is 1. The second-order valence-electron chi connectivity index (χ2n) is 4.42. The summed E-state index contributed by atoms with van der Waals surface area (Å²) in [6.07, 6.45) is 0. The number of carbonyl (C=O) groups excluding carboxylic acids is 1. The van der Waals surface area contributed by atoms with Crippen LogP contribution >= 0.6 is 11.3 Å². The van der Waals surface area contributed by atoms with Gasteiger partial charge in [0.2, 0.25) is 0 Å². The summed E-state index contributed by atoms with van der Waals surface area (Å²) in [7, 11) is 1.65. The Hall–Kier alpha value is -1.75. The van der Waals surface area contributed by atoms with E-state index in [1.807, 2.05) is 18.2 Å². The van der Waals surface area contributed by atoms with Gasteiger partial charge in [0.05, 0.1) is 12.8 Å². The van der Waals surface area contributed by atoms with Crippen molar-refractivity contribution in [3.8, 4) is 5.75 Å². The largest absolute Gasteiger partial charge is 0.497 e. The van der Waals surface area contributed by atoms with Crippen molar-refractivity contribution in [1.82, 2.24) is 5.32 Å². The third-order valence-corrected chi connectivity index (χ3v) is 4.23. The second-order valence-corrected chi connectivity index (χ2v) is 5.48. The number of thiophene rings is 1. The number of methoxy groups -OCH3 is 1. The molecule has 0 spiro atoms. The summed E-state index contributed by atoms with van der Waals surface area (Å²) in [5, 5.41) is 7.37. The topological polar surface area (TPSA) is 50.4 Å². The van der Waals surface area contributed by atoms with Crippen LogP contribution in [0.2, 0.25) is 0 Å². The van der Waals surface area contributed by atoms with Crippen LogP contribution in [0.1, 0.15) is 16.6 Å². The Morgan fingerprint density at radius 1 is 1.44 bits per heavy atom. The molecule has 5 heteroatoms. The van der Waals surface area contributed by atoms with Crippen LogP contribution in [0, 0.1) is 0 Å². The fraction of sp³-hybridized carbons (Fsp3) is 0.308. The molecule has 4 nitrogen and oxygen atoms in total. The second kappa shape index (κ2) is 4.17. The molecule has 0 unspecified atom stereocenters. The molecule has 0 saturated carbocycles. The minimum atomic E-state index is 0.00187. The van der Waals surface area contributed by atoms with Gasteiger partial charge in [-0.25, -0.2) is 0 Å². The minimum Gasteiger partial charge on any atom is -0.497 e. The number of carbonyl (C=O) groups is 1. The zero-order chi connectivity index (χ0) is 12.7. The molecule has 1 aromatic carbocycles. The lowest BCUT2D eigenvalue weighted by Gasteiger charge is -2.11. The first kappa shape index (κ1) is 11.3. The molecule has 3 rings (SSSR count). The van der Waals surface area contributed by atoms with E-state index in [0.29, 0.717) is 6.54 Å². The van der Waals surface area contributed by atoms with Crippen LogP contribution in [0.15, 0.2) is 18.2 Å². The molecule has 1 amide bonds. The average Bonchev–Trinajstić information content (AvgIpc) is 2.67. The van der Waals surface area contributed by atoms with Crippen LogP contribution in [-0.4, -0.2) is 25.6 Å². The fourth-order valence-electron chi connectivity index (χ4n) is 2.13. The first-order valence-electron chi connectivity index (χ1n) is 5.84. The highest BCUT2D eigenvalue weighted by molar-refractivity contribution is 7.21. The number of hydrogen-bond acceptors (Lipinski definition) is 4. The molecule has 2 N–H and O–H groups in total. The molecule has 1 aromatic heterocycles. The normalized spacial score (nSPS) is 18.8. The molecule has 0 fully saturated rings. The molecule has 1 aliphatic heterocycles. The number of fused-ring (bicyclic) bond motifs is 3. The van der Waals surface area contributed by atoms with Crippen LogP contribution in [0.25, 0.3) is 10.1 Å².